The van der Waals surface area contributed by atoms with Gasteiger partial charge in [-0.05, 0) is 44.7 Å². The van der Waals surface area contributed by atoms with Crippen molar-refractivity contribution in [3.8, 4) is 5.75 Å². The Balaban J connectivity index is 0.000000902. The molecule has 1 aliphatic carbocycles. The maximum atomic E-state index is 5.95. The lowest BCUT2D eigenvalue weighted by atomic mass is 9.91. The highest BCUT2D eigenvalue weighted by Crippen LogP contribution is 2.36. The fourth-order valence-electron chi connectivity index (χ4n) is 2.37. The number of nitrogens with one attached hydrogen (secondary N) is 1. The van der Waals surface area contributed by atoms with Crippen molar-refractivity contribution in [1.82, 2.24) is 10.3 Å². The van der Waals surface area contributed by atoms with Gasteiger partial charge in [-0.15, -0.1) is 24.8 Å². The molecule has 2 fully saturated rings. The van der Waals surface area contributed by atoms with E-state index < -0.39 is 0 Å². The first-order valence-corrected chi connectivity index (χ1v) is 6.46. The molecule has 0 aromatic carbocycles. The van der Waals surface area contributed by atoms with Gasteiger partial charge in [0.25, 0.3) is 0 Å². The highest BCUT2D eigenvalue weighted by atomic mass is 35.5. The predicted octanol–water partition coefficient (Wildman–Crippen LogP) is 2.52. The van der Waals surface area contributed by atoms with Crippen LogP contribution in [0.2, 0.25) is 0 Å². The summed E-state index contributed by atoms with van der Waals surface area (Å²) < 4.78 is 5.95. The summed E-state index contributed by atoms with van der Waals surface area (Å²) in [6.45, 7) is 2.16. The van der Waals surface area contributed by atoms with Gasteiger partial charge < -0.3 is 15.8 Å². The van der Waals surface area contributed by atoms with Gasteiger partial charge in [0.1, 0.15) is 11.6 Å². The lowest BCUT2D eigenvalue weighted by Gasteiger charge is -2.24. The topological polar surface area (TPSA) is 60.2 Å². The molecule has 2 aliphatic rings. The second-order valence-corrected chi connectivity index (χ2v) is 4.99. The van der Waals surface area contributed by atoms with Gasteiger partial charge in [-0.25, -0.2) is 4.98 Å². The molecule has 0 unspecified atom stereocenters. The van der Waals surface area contributed by atoms with Crippen LogP contribution in [0.3, 0.4) is 0 Å². The van der Waals surface area contributed by atoms with Crippen LogP contribution in [0.5, 0.6) is 5.75 Å². The maximum absolute atomic E-state index is 5.95. The molecule has 0 amide bonds. The fourth-order valence-corrected chi connectivity index (χ4v) is 2.37. The zero-order valence-electron chi connectivity index (χ0n) is 10.8. The number of nitrogen functional groups attached to an aromatic ring is 1. The molecular formula is C13H21Cl2N3O. The molecule has 1 saturated heterocycles. The SMILES string of the molecule is Cl.Cl.Nc1cc(OC2CC2)c(C2CCNCC2)cn1. The minimum absolute atomic E-state index is 0. The quantitative estimate of drug-likeness (QED) is 0.901. The first-order valence-electron chi connectivity index (χ1n) is 6.46. The lowest BCUT2D eigenvalue weighted by molar-refractivity contribution is 0.295. The average Bonchev–Trinajstić information content (AvgIpc) is 3.14. The van der Waals surface area contributed by atoms with Crippen LogP contribution in [0.4, 0.5) is 5.82 Å². The number of pyridine rings is 1. The van der Waals surface area contributed by atoms with E-state index in [2.05, 4.69) is 10.3 Å². The molecule has 1 aromatic rings. The van der Waals surface area contributed by atoms with Gasteiger partial charge in [0.05, 0.1) is 6.10 Å². The van der Waals surface area contributed by atoms with Crippen molar-refractivity contribution >= 4 is 30.6 Å². The summed E-state index contributed by atoms with van der Waals surface area (Å²) >= 11 is 0. The summed E-state index contributed by atoms with van der Waals surface area (Å²) in [5, 5.41) is 3.38. The average molecular weight is 306 g/mol. The van der Waals surface area contributed by atoms with Crippen LogP contribution in [0.15, 0.2) is 12.3 Å². The molecule has 1 aromatic heterocycles. The number of rotatable bonds is 3. The molecule has 4 nitrogen and oxygen atoms in total. The van der Waals surface area contributed by atoms with Gasteiger partial charge in [0, 0.05) is 17.8 Å². The van der Waals surface area contributed by atoms with Crippen LogP contribution in [0.1, 0.15) is 37.2 Å². The number of anilines is 1. The van der Waals surface area contributed by atoms with Crippen molar-refractivity contribution in [3.63, 3.8) is 0 Å². The number of piperidine rings is 1. The molecule has 6 heteroatoms. The van der Waals surface area contributed by atoms with Gasteiger partial charge in [0.15, 0.2) is 0 Å². The first-order chi connectivity index (χ1) is 8.33. The fraction of sp³-hybridized carbons (Fsp3) is 0.615. The summed E-state index contributed by atoms with van der Waals surface area (Å²) in [4.78, 5) is 4.22. The number of hydrogen-bond donors (Lipinski definition) is 2. The molecule has 0 spiro atoms. The summed E-state index contributed by atoms with van der Waals surface area (Å²) in [5.74, 6) is 2.09. The Morgan fingerprint density at radius 3 is 2.47 bits per heavy atom. The summed E-state index contributed by atoms with van der Waals surface area (Å²) in [5.41, 5.74) is 6.99. The van der Waals surface area contributed by atoms with Crippen LogP contribution < -0.4 is 15.8 Å². The smallest absolute Gasteiger partial charge is 0.128 e. The standard InChI is InChI=1S/C13H19N3O.2ClH/c14-13-7-12(17-10-1-2-10)11(8-16-13)9-3-5-15-6-4-9;;/h7-10,15H,1-6H2,(H2,14,16);2*1H. The molecule has 0 bridgehead atoms. The summed E-state index contributed by atoms with van der Waals surface area (Å²) in [6, 6.07) is 1.88. The Morgan fingerprint density at radius 1 is 1.16 bits per heavy atom. The van der Waals surface area contributed by atoms with Gasteiger partial charge in [-0.1, -0.05) is 0 Å². The number of aromatic nitrogens is 1. The van der Waals surface area contributed by atoms with Gasteiger partial charge in [0.2, 0.25) is 0 Å². The highest BCUT2D eigenvalue weighted by Gasteiger charge is 2.27. The van der Waals surface area contributed by atoms with Crippen molar-refractivity contribution in [2.75, 3.05) is 18.8 Å². The number of ether oxygens (including phenoxy) is 1. The molecule has 1 saturated carbocycles. The van der Waals surface area contributed by atoms with E-state index in [4.69, 9.17) is 10.5 Å². The first kappa shape index (κ1) is 16.3. The molecule has 2 heterocycles. The van der Waals surface area contributed by atoms with Crippen molar-refractivity contribution in [1.29, 1.82) is 0 Å². The predicted molar refractivity (Wildman–Crippen MR) is 81.6 cm³/mol. The Kier molecular flexibility index (Phi) is 6.17. The van der Waals surface area contributed by atoms with Crippen molar-refractivity contribution in [2.45, 2.75) is 37.7 Å². The lowest BCUT2D eigenvalue weighted by Crippen LogP contribution is -2.27. The molecule has 0 atom stereocenters. The van der Waals surface area contributed by atoms with Crippen molar-refractivity contribution in [2.24, 2.45) is 0 Å². The van der Waals surface area contributed by atoms with E-state index in [9.17, 15) is 0 Å². The van der Waals surface area contributed by atoms with E-state index in [1.807, 2.05) is 12.3 Å². The largest absolute Gasteiger partial charge is 0.490 e. The Morgan fingerprint density at radius 2 is 1.84 bits per heavy atom. The Bertz CT molecular complexity index is 407. The molecule has 3 rings (SSSR count). The van der Waals surface area contributed by atoms with E-state index in [0.29, 0.717) is 17.8 Å². The summed E-state index contributed by atoms with van der Waals surface area (Å²) in [6.07, 6.45) is 6.99. The normalized spacial score (nSPS) is 19.2. The van der Waals surface area contributed by atoms with Crippen LogP contribution in [-0.2, 0) is 0 Å². The van der Waals surface area contributed by atoms with Crippen LogP contribution in [0, 0.1) is 0 Å². The monoisotopic (exact) mass is 305 g/mol. The van der Waals surface area contributed by atoms with E-state index >= 15 is 0 Å². The number of hydrogen-bond acceptors (Lipinski definition) is 4. The molecule has 0 radical (unpaired) electrons. The van der Waals surface area contributed by atoms with Crippen LogP contribution in [0.25, 0.3) is 0 Å². The highest BCUT2D eigenvalue weighted by molar-refractivity contribution is 5.85. The van der Waals surface area contributed by atoms with E-state index in [0.717, 1.165) is 31.7 Å². The second kappa shape index (κ2) is 7.17. The van der Waals surface area contributed by atoms with E-state index in [-0.39, 0.29) is 24.8 Å². The molecule has 3 N–H and O–H groups in total. The Hall–Kier alpha value is -0.710. The number of nitrogens with two attached hydrogens (primary N) is 1. The zero-order valence-corrected chi connectivity index (χ0v) is 12.4. The second-order valence-electron chi connectivity index (χ2n) is 4.99. The van der Waals surface area contributed by atoms with Gasteiger partial charge in [-0.2, -0.15) is 0 Å². The third kappa shape index (κ3) is 4.13. The third-order valence-corrected chi connectivity index (χ3v) is 3.51. The third-order valence-electron chi connectivity index (χ3n) is 3.51. The van der Waals surface area contributed by atoms with Gasteiger partial charge in [-0.3, -0.25) is 0 Å². The minimum atomic E-state index is 0. The van der Waals surface area contributed by atoms with Crippen molar-refractivity contribution in [3.05, 3.63) is 17.8 Å². The maximum Gasteiger partial charge on any atom is 0.128 e. The number of halogens is 2. The minimum Gasteiger partial charge on any atom is -0.490 e. The Labute approximate surface area is 126 Å². The zero-order chi connectivity index (χ0) is 11.7. The molecule has 1 aliphatic heterocycles. The van der Waals surface area contributed by atoms with Crippen molar-refractivity contribution < 1.29 is 4.74 Å². The van der Waals surface area contributed by atoms with Gasteiger partial charge >= 0.3 is 0 Å². The van der Waals surface area contributed by atoms with Crippen LogP contribution >= 0.6 is 24.8 Å². The molecule has 108 valence electrons. The number of nitrogens with zero attached hydrogens (tertiary/aromatic N) is 1. The van der Waals surface area contributed by atoms with E-state index in [1.165, 1.54) is 18.4 Å². The van der Waals surface area contributed by atoms with Crippen LogP contribution in [-0.4, -0.2) is 24.2 Å². The molecule has 19 heavy (non-hydrogen) atoms. The molecular weight excluding hydrogens is 285 g/mol. The summed E-state index contributed by atoms with van der Waals surface area (Å²) in [7, 11) is 0. The van der Waals surface area contributed by atoms with E-state index in [1.54, 1.807) is 0 Å².